The minimum atomic E-state index is 0.256. The lowest BCUT2D eigenvalue weighted by molar-refractivity contribution is 0.0887. The Balaban J connectivity index is 1.51. The van der Waals surface area contributed by atoms with Gasteiger partial charge in [-0.2, -0.15) is 15.5 Å². The molecule has 1 spiro atoms. The molecular formula is C24H26N8. The Bertz CT molecular complexity index is 1290. The van der Waals surface area contributed by atoms with E-state index in [1.165, 1.54) is 12.8 Å². The summed E-state index contributed by atoms with van der Waals surface area (Å²) < 4.78 is 3.55. The molecular weight excluding hydrogens is 400 g/mol. The van der Waals surface area contributed by atoms with Crippen LogP contribution in [0.5, 0.6) is 0 Å². The summed E-state index contributed by atoms with van der Waals surface area (Å²) in [6.07, 6.45) is 13.9. The van der Waals surface area contributed by atoms with Crippen LogP contribution in [-0.2, 0) is 7.05 Å². The Hall–Kier alpha value is -3.70. The van der Waals surface area contributed by atoms with Gasteiger partial charge in [0, 0.05) is 49.2 Å². The second kappa shape index (κ2) is 7.77. The molecule has 5 heterocycles. The number of nitriles is 1. The summed E-state index contributed by atoms with van der Waals surface area (Å²) in [5.41, 5.74) is 5.57. The average Bonchev–Trinajstić information content (AvgIpc) is 3.52. The summed E-state index contributed by atoms with van der Waals surface area (Å²) in [6, 6.07) is 4.36. The predicted octanol–water partition coefficient (Wildman–Crippen LogP) is 2.99. The van der Waals surface area contributed by atoms with Crippen LogP contribution in [0.2, 0.25) is 0 Å². The first-order chi connectivity index (χ1) is 15.5. The number of pyridine rings is 1. The van der Waals surface area contributed by atoms with Gasteiger partial charge in [-0.15, -0.1) is 0 Å². The summed E-state index contributed by atoms with van der Waals surface area (Å²) in [6.45, 7) is 8.85. The van der Waals surface area contributed by atoms with Crippen molar-refractivity contribution in [1.29, 1.82) is 5.26 Å². The molecule has 8 heteroatoms. The molecule has 0 amide bonds. The first-order valence-electron chi connectivity index (χ1n) is 10.8. The lowest BCUT2D eigenvalue weighted by atomic mass is 9.88. The fourth-order valence-corrected chi connectivity index (χ4v) is 4.76. The molecule has 2 fully saturated rings. The third-order valence-corrected chi connectivity index (χ3v) is 6.48. The maximum atomic E-state index is 9.61. The molecule has 32 heavy (non-hydrogen) atoms. The maximum Gasteiger partial charge on any atom is 0.127 e. The van der Waals surface area contributed by atoms with Crippen molar-refractivity contribution in [3.63, 3.8) is 0 Å². The van der Waals surface area contributed by atoms with Gasteiger partial charge in [0.05, 0.1) is 29.0 Å². The highest BCUT2D eigenvalue weighted by Crippen LogP contribution is 2.33. The van der Waals surface area contributed by atoms with Crippen LogP contribution in [0, 0.1) is 11.3 Å². The smallest absolute Gasteiger partial charge is 0.127 e. The zero-order chi connectivity index (χ0) is 22.3. The average molecular weight is 427 g/mol. The Kier molecular flexibility index (Phi) is 4.91. The number of nitrogens with one attached hydrogen (secondary N) is 1. The Morgan fingerprint density at radius 2 is 2.09 bits per heavy atom. The molecule has 0 unspecified atom stereocenters. The summed E-state index contributed by atoms with van der Waals surface area (Å²) in [5, 5.41) is 21.9. The number of nitrogens with zero attached hydrogens (tertiary/aromatic N) is 7. The van der Waals surface area contributed by atoms with Gasteiger partial charge in [-0.3, -0.25) is 4.68 Å². The van der Waals surface area contributed by atoms with Crippen LogP contribution in [0.25, 0.3) is 22.2 Å². The molecule has 0 radical (unpaired) electrons. The molecule has 0 saturated carbocycles. The monoisotopic (exact) mass is 426 g/mol. The quantitative estimate of drug-likeness (QED) is 0.501. The predicted molar refractivity (Wildman–Crippen MR) is 125 cm³/mol. The highest BCUT2D eigenvalue weighted by Gasteiger charge is 2.45. The number of aryl methyl sites for hydroxylation is 1. The van der Waals surface area contributed by atoms with E-state index in [1.807, 2.05) is 44.7 Å². The van der Waals surface area contributed by atoms with Gasteiger partial charge in [0.1, 0.15) is 11.9 Å². The van der Waals surface area contributed by atoms with E-state index >= 15 is 0 Å². The zero-order valence-electron chi connectivity index (χ0n) is 18.4. The molecule has 5 rings (SSSR count). The van der Waals surface area contributed by atoms with E-state index in [-0.39, 0.29) is 5.54 Å². The van der Waals surface area contributed by atoms with E-state index in [0.717, 1.165) is 53.2 Å². The van der Waals surface area contributed by atoms with Crippen molar-refractivity contribution >= 4 is 17.8 Å². The van der Waals surface area contributed by atoms with E-state index < -0.39 is 0 Å². The Morgan fingerprint density at radius 1 is 1.25 bits per heavy atom. The molecule has 3 aromatic rings. The van der Waals surface area contributed by atoms with Crippen LogP contribution in [0.1, 0.15) is 30.9 Å². The normalized spacial score (nSPS) is 18.2. The number of aromatic nitrogens is 4. The van der Waals surface area contributed by atoms with Gasteiger partial charge in [-0.1, -0.05) is 6.08 Å². The third-order valence-electron chi connectivity index (χ3n) is 6.48. The summed E-state index contributed by atoms with van der Waals surface area (Å²) in [5.74, 6) is 0.872. The molecule has 0 bridgehead atoms. The van der Waals surface area contributed by atoms with E-state index in [1.54, 1.807) is 15.4 Å². The topological polar surface area (TPSA) is 86.5 Å². The van der Waals surface area contributed by atoms with Gasteiger partial charge in [-0.05, 0) is 50.7 Å². The lowest BCUT2D eigenvalue weighted by Crippen LogP contribution is -2.65. The summed E-state index contributed by atoms with van der Waals surface area (Å²) >= 11 is 0. The van der Waals surface area contributed by atoms with Crippen LogP contribution in [-0.4, -0.2) is 56.2 Å². The highest BCUT2D eigenvalue weighted by molar-refractivity contribution is 5.84. The van der Waals surface area contributed by atoms with Crippen molar-refractivity contribution in [3.8, 4) is 17.2 Å². The highest BCUT2D eigenvalue weighted by atomic mass is 15.3. The first-order valence-corrected chi connectivity index (χ1v) is 10.8. The van der Waals surface area contributed by atoms with Crippen LogP contribution < -0.4 is 5.32 Å². The number of allylic oxidation sites excluding steroid dienone is 3. The first kappa shape index (κ1) is 20.2. The van der Waals surface area contributed by atoms with E-state index in [2.05, 4.69) is 44.3 Å². The van der Waals surface area contributed by atoms with Crippen LogP contribution in [0.4, 0.5) is 0 Å². The molecule has 3 aromatic heterocycles. The van der Waals surface area contributed by atoms with Gasteiger partial charge < -0.3 is 10.2 Å². The van der Waals surface area contributed by atoms with Gasteiger partial charge in [0.2, 0.25) is 0 Å². The van der Waals surface area contributed by atoms with Crippen molar-refractivity contribution in [2.75, 3.05) is 19.6 Å². The third kappa shape index (κ3) is 3.41. The molecule has 8 nitrogen and oxygen atoms in total. The number of likely N-dealkylation sites (tertiary alicyclic amines) is 1. The summed E-state index contributed by atoms with van der Waals surface area (Å²) in [4.78, 5) is 6.53. The fourth-order valence-electron chi connectivity index (χ4n) is 4.76. The molecule has 162 valence electrons. The zero-order valence-corrected chi connectivity index (χ0v) is 18.4. The standard InChI is InChI=1S/C24H26N8/c1-17(5-6-22(26-2)31-15-24(16-31)7-4-8-27-24)21-9-18(20-12-28-30(3)13-20)14-32-23(21)19(10-25)11-29-32/h5-6,9,11-14,27H,2,4,7-8,15-16H2,1,3H3/b17-5+,22-6+. The fraction of sp³-hybridized carbons (Fsp3) is 0.333. The second-order valence-corrected chi connectivity index (χ2v) is 8.71. The van der Waals surface area contributed by atoms with Crippen molar-refractivity contribution in [2.45, 2.75) is 25.3 Å². The number of fused-ring (bicyclic) bond motifs is 1. The number of aliphatic imine (C=N–C) groups is 1. The van der Waals surface area contributed by atoms with Crippen molar-refractivity contribution in [3.05, 3.63) is 60.0 Å². The second-order valence-electron chi connectivity index (χ2n) is 8.71. The largest absolute Gasteiger partial charge is 0.353 e. The molecule has 2 aliphatic heterocycles. The molecule has 0 aliphatic carbocycles. The van der Waals surface area contributed by atoms with Crippen molar-refractivity contribution < 1.29 is 0 Å². The summed E-state index contributed by atoms with van der Waals surface area (Å²) in [7, 11) is 1.89. The van der Waals surface area contributed by atoms with E-state index in [4.69, 9.17) is 0 Å². The van der Waals surface area contributed by atoms with Crippen LogP contribution in [0.3, 0.4) is 0 Å². The maximum absolute atomic E-state index is 9.61. The molecule has 2 saturated heterocycles. The molecule has 1 N–H and O–H groups in total. The van der Waals surface area contributed by atoms with Crippen molar-refractivity contribution in [1.82, 2.24) is 29.6 Å². The SMILES string of the molecule is C=N/C(=C\C=C(/C)c1cc(-c2cnn(C)c2)cn2ncc(C#N)c12)N1CC2(CCCN2)C1. The van der Waals surface area contributed by atoms with Crippen molar-refractivity contribution in [2.24, 2.45) is 12.0 Å². The van der Waals surface area contributed by atoms with Crippen LogP contribution >= 0.6 is 0 Å². The Morgan fingerprint density at radius 3 is 2.75 bits per heavy atom. The van der Waals surface area contributed by atoms with E-state index in [9.17, 15) is 5.26 Å². The Labute approximate surface area is 187 Å². The molecule has 0 aromatic carbocycles. The lowest BCUT2D eigenvalue weighted by Gasteiger charge is -2.49. The van der Waals surface area contributed by atoms with Gasteiger partial charge in [-0.25, -0.2) is 9.51 Å². The minimum absolute atomic E-state index is 0.256. The van der Waals surface area contributed by atoms with Gasteiger partial charge in [0.25, 0.3) is 0 Å². The molecule has 0 atom stereocenters. The van der Waals surface area contributed by atoms with Gasteiger partial charge >= 0.3 is 0 Å². The number of hydrogen-bond acceptors (Lipinski definition) is 6. The number of rotatable bonds is 5. The van der Waals surface area contributed by atoms with E-state index in [0.29, 0.717) is 5.56 Å². The molecule has 2 aliphatic rings. The number of hydrogen-bond donors (Lipinski definition) is 1. The van der Waals surface area contributed by atoms with Gasteiger partial charge in [0.15, 0.2) is 0 Å². The minimum Gasteiger partial charge on any atom is -0.353 e. The van der Waals surface area contributed by atoms with Crippen LogP contribution in [0.15, 0.2) is 53.8 Å².